The highest BCUT2D eigenvalue weighted by atomic mass is 35.5. The Bertz CT molecular complexity index is 453. The standard InChI is InChI=1S/C18H26ClNO2/c1-2-22-16-9-7-15(8-10-16)17(11-12-19)18(21)20-13-5-3-4-6-14-20/h7-10,17H,2-6,11-14H2,1H3. The average Bonchev–Trinajstić information content (AvgIpc) is 2.82. The first-order chi connectivity index (χ1) is 10.8. The van der Waals surface area contributed by atoms with Gasteiger partial charge in [0.2, 0.25) is 5.91 Å². The van der Waals surface area contributed by atoms with Gasteiger partial charge in [0.05, 0.1) is 12.5 Å². The molecule has 1 aliphatic rings. The molecule has 1 unspecified atom stereocenters. The maximum Gasteiger partial charge on any atom is 0.230 e. The number of rotatable bonds is 6. The molecule has 0 spiro atoms. The number of carbonyl (C=O) groups excluding carboxylic acids is 1. The maximum absolute atomic E-state index is 12.9. The third kappa shape index (κ3) is 4.64. The number of likely N-dealkylation sites (tertiary alicyclic amines) is 1. The number of halogens is 1. The van der Waals surface area contributed by atoms with Crippen LogP contribution >= 0.6 is 11.6 Å². The zero-order chi connectivity index (χ0) is 15.8. The van der Waals surface area contributed by atoms with Crippen LogP contribution in [0.3, 0.4) is 0 Å². The van der Waals surface area contributed by atoms with Crippen LogP contribution in [0.4, 0.5) is 0 Å². The molecule has 1 aliphatic heterocycles. The molecular formula is C18H26ClNO2. The average molecular weight is 324 g/mol. The normalized spacial score (nSPS) is 16.9. The zero-order valence-corrected chi connectivity index (χ0v) is 14.1. The van der Waals surface area contributed by atoms with Gasteiger partial charge in [-0.2, -0.15) is 0 Å². The van der Waals surface area contributed by atoms with E-state index in [2.05, 4.69) is 0 Å². The Morgan fingerprint density at radius 2 is 1.82 bits per heavy atom. The molecule has 1 atom stereocenters. The summed E-state index contributed by atoms with van der Waals surface area (Å²) < 4.78 is 5.47. The van der Waals surface area contributed by atoms with Gasteiger partial charge in [-0.25, -0.2) is 0 Å². The Labute approximate surface area is 138 Å². The first-order valence-corrected chi connectivity index (χ1v) is 8.87. The van der Waals surface area contributed by atoms with Crippen molar-refractivity contribution >= 4 is 17.5 Å². The second-order valence-electron chi connectivity index (χ2n) is 5.77. The Morgan fingerprint density at radius 3 is 2.36 bits per heavy atom. The maximum atomic E-state index is 12.9. The number of ether oxygens (including phenoxy) is 1. The van der Waals surface area contributed by atoms with Gasteiger partial charge in [0.25, 0.3) is 0 Å². The highest BCUT2D eigenvalue weighted by Crippen LogP contribution is 2.26. The van der Waals surface area contributed by atoms with E-state index >= 15 is 0 Å². The van der Waals surface area contributed by atoms with Crippen molar-refractivity contribution in [2.75, 3.05) is 25.6 Å². The predicted molar refractivity (Wildman–Crippen MR) is 90.7 cm³/mol. The Balaban J connectivity index is 2.11. The topological polar surface area (TPSA) is 29.5 Å². The second kappa shape index (κ2) is 9.04. The molecule has 0 aliphatic carbocycles. The van der Waals surface area contributed by atoms with Crippen molar-refractivity contribution in [3.63, 3.8) is 0 Å². The number of hydrogen-bond acceptors (Lipinski definition) is 2. The highest BCUT2D eigenvalue weighted by Gasteiger charge is 2.26. The molecule has 0 bridgehead atoms. The van der Waals surface area contributed by atoms with Crippen molar-refractivity contribution in [1.82, 2.24) is 4.90 Å². The third-order valence-corrected chi connectivity index (χ3v) is 4.43. The molecule has 2 rings (SSSR count). The molecule has 1 fully saturated rings. The number of hydrogen-bond donors (Lipinski definition) is 0. The van der Waals surface area contributed by atoms with Crippen LogP contribution in [0.1, 0.15) is 50.5 Å². The molecule has 1 aromatic rings. The van der Waals surface area contributed by atoms with Gasteiger partial charge in [-0.15, -0.1) is 11.6 Å². The van der Waals surface area contributed by atoms with Gasteiger partial charge in [0.15, 0.2) is 0 Å². The summed E-state index contributed by atoms with van der Waals surface area (Å²) in [6.45, 7) is 4.38. The summed E-state index contributed by atoms with van der Waals surface area (Å²) in [7, 11) is 0. The van der Waals surface area contributed by atoms with E-state index < -0.39 is 0 Å². The number of nitrogens with zero attached hydrogens (tertiary/aromatic N) is 1. The smallest absolute Gasteiger partial charge is 0.230 e. The van der Waals surface area contributed by atoms with Crippen LogP contribution in [-0.2, 0) is 4.79 Å². The number of carbonyl (C=O) groups is 1. The predicted octanol–water partition coefficient (Wildman–Crippen LogP) is 4.20. The number of benzene rings is 1. The van der Waals surface area contributed by atoms with Crippen LogP contribution < -0.4 is 4.74 Å². The number of alkyl halides is 1. The molecule has 1 aromatic carbocycles. The highest BCUT2D eigenvalue weighted by molar-refractivity contribution is 6.18. The van der Waals surface area contributed by atoms with E-state index in [0.29, 0.717) is 18.9 Å². The fraction of sp³-hybridized carbons (Fsp3) is 0.611. The van der Waals surface area contributed by atoms with Gasteiger partial charge in [-0.1, -0.05) is 25.0 Å². The summed E-state index contributed by atoms with van der Waals surface area (Å²) in [6.07, 6.45) is 5.37. The van der Waals surface area contributed by atoms with Crippen molar-refractivity contribution in [2.45, 2.75) is 44.9 Å². The van der Waals surface area contributed by atoms with Gasteiger partial charge in [0.1, 0.15) is 5.75 Å². The van der Waals surface area contributed by atoms with Crippen LogP contribution in [-0.4, -0.2) is 36.4 Å². The lowest BCUT2D eigenvalue weighted by Gasteiger charge is -2.26. The van der Waals surface area contributed by atoms with Crippen molar-refractivity contribution in [2.24, 2.45) is 0 Å². The van der Waals surface area contributed by atoms with Gasteiger partial charge in [-0.05, 0) is 43.9 Å². The SMILES string of the molecule is CCOc1ccc(C(CCCl)C(=O)N2CCCCCC2)cc1. The van der Waals surface area contributed by atoms with E-state index in [-0.39, 0.29) is 11.8 Å². The molecule has 1 amide bonds. The van der Waals surface area contributed by atoms with Gasteiger partial charge in [-0.3, -0.25) is 4.79 Å². The van der Waals surface area contributed by atoms with E-state index in [1.807, 2.05) is 36.1 Å². The summed E-state index contributed by atoms with van der Waals surface area (Å²) >= 11 is 5.95. The molecule has 22 heavy (non-hydrogen) atoms. The van der Waals surface area contributed by atoms with Crippen LogP contribution in [0.2, 0.25) is 0 Å². The summed E-state index contributed by atoms with van der Waals surface area (Å²) in [5.74, 6) is 1.44. The van der Waals surface area contributed by atoms with Crippen molar-refractivity contribution in [3.8, 4) is 5.75 Å². The largest absolute Gasteiger partial charge is 0.494 e. The molecular weight excluding hydrogens is 298 g/mol. The Hall–Kier alpha value is -1.22. The molecule has 0 N–H and O–H groups in total. The molecule has 122 valence electrons. The van der Waals surface area contributed by atoms with Crippen molar-refractivity contribution in [3.05, 3.63) is 29.8 Å². The fourth-order valence-electron chi connectivity index (χ4n) is 3.02. The van der Waals surface area contributed by atoms with Crippen molar-refractivity contribution in [1.29, 1.82) is 0 Å². The molecule has 1 saturated heterocycles. The second-order valence-corrected chi connectivity index (χ2v) is 6.15. The lowest BCUT2D eigenvalue weighted by molar-refractivity contribution is -0.132. The summed E-state index contributed by atoms with van der Waals surface area (Å²) in [4.78, 5) is 14.9. The molecule has 1 heterocycles. The minimum absolute atomic E-state index is 0.133. The first kappa shape index (κ1) is 17.1. The quantitative estimate of drug-likeness (QED) is 0.734. The fourth-order valence-corrected chi connectivity index (χ4v) is 3.23. The van der Waals surface area contributed by atoms with Crippen LogP contribution in [0, 0.1) is 0 Å². The molecule has 0 saturated carbocycles. The van der Waals surface area contributed by atoms with Gasteiger partial charge < -0.3 is 9.64 Å². The van der Waals surface area contributed by atoms with Crippen molar-refractivity contribution < 1.29 is 9.53 Å². The molecule has 0 radical (unpaired) electrons. The van der Waals surface area contributed by atoms with Crippen LogP contribution in [0.15, 0.2) is 24.3 Å². The van der Waals surface area contributed by atoms with Crippen LogP contribution in [0.25, 0.3) is 0 Å². The summed E-state index contributed by atoms with van der Waals surface area (Å²) in [5.41, 5.74) is 1.04. The lowest BCUT2D eigenvalue weighted by Crippen LogP contribution is -2.36. The molecule has 0 aromatic heterocycles. The van der Waals surface area contributed by atoms with Gasteiger partial charge in [0, 0.05) is 19.0 Å². The summed E-state index contributed by atoms with van der Waals surface area (Å²) in [6, 6.07) is 7.88. The monoisotopic (exact) mass is 323 g/mol. The Kier molecular flexibility index (Phi) is 7.04. The zero-order valence-electron chi connectivity index (χ0n) is 13.4. The first-order valence-electron chi connectivity index (χ1n) is 8.33. The molecule has 3 nitrogen and oxygen atoms in total. The molecule has 4 heteroatoms. The minimum Gasteiger partial charge on any atom is -0.494 e. The van der Waals surface area contributed by atoms with E-state index in [4.69, 9.17) is 16.3 Å². The van der Waals surface area contributed by atoms with E-state index in [1.165, 1.54) is 12.8 Å². The summed E-state index contributed by atoms with van der Waals surface area (Å²) in [5, 5.41) is 0. The Morgan fingerprint density at radius 1 is 1.18 bits per heavy atom. The minimum atomic E-state index is -0.133. The van der Waals surface area contributed by atoms with Crippen LogP contribution in [0.5, 0.6) is 5.75 Å². The van der Waals surface area contributed by atoms with E-state index in [0.717, 1.165) is 37.2 Å². The van der Waals surface area contributed by atoms with Gasteiger partial charge >= 0.3 is 0 Å². The lowest BCUT2D eigenvalue weighted by atomic mass is 9.94. The van der Waals surface area contributed by atoms with E-state index in [9.17, 15) is 4.79 Å². The third-order valence-electron chi connectivity index (χ3n) is 4.21. The van der Waals surface area contributed by atoms with E-state index in [1.54, 1.807) is 0 Å². The number of amides is 1.